The molecule has 0 fully saturated rings. The molecule has 0 saturated heterocycles. The van der Waals surface area contributed by atoms with E-state index >= 15 is 0 Å². The standard InChI is InChI=1S/C25H24ClN5O6S/c1-25(2,3)24(35)31-20(28-11-14-5-6-19(26)38-14)10-17(29-31)15-9-21(33)30(12-16(15)23(34)36-4)13-18(32)22-27-7-8-37-22/h5-10,12,28H,11,13H2,1-4H3. The Morgan fingerprint density at radius 3 is 2.58 bits per heavy atom. The van der Waals surface area contributed by atoms with Crippen molar-refractivity contribution in [1.29, 1.82) is 0 Å². The van der Waals surface area contributed by atoms with E-state index in [1.54, 1.807) is 32.9 Å². The maximum absolute atomic E-state index is 13.2. The number of hydrogen-bond acceptors (Lipinski definition) is 10. The Kier molecular flexibility index (Phi) is 7.65. The zero-order valence-electron chi connectivity index (χ0n) is 21.0. The minimum absolute atomic E-state index is 0.0169. The van der Waals surface area contributed by atoms with E-state index in [-0.39, 0.29) is 28.6 Å². The number of Topliss-reactive ketones (excluding diaryl/α,β-unsaturated/α-hetero) is 1. The molecule has 4 heterocycles. The number of anilines is 1. The first kappa shape index (κ1) is 27.0. The number of nitrogens with one attached hydrogen (secondary N) is 1. The van der Waals surface area contributed by atoms with Crippen molar-refractivity contribution in [2.75, 3.05) is 12.4 Å². The fourth-order valence-electron chi connectivity index (χ4n) is 3.50. The number of carbonyl (C=O) groups excluding carboxylic acids is 3. The van der Waals surface area contributed by atoms with Crippen LogP contribution in [0.1, 0.15) is 51.5 Å². The SMILES string of the molecule is COC(=O)c1cn(CC(=O)c2ncco2)c(=O)cc1-c1cc(NCc2ccc(Cl)s2)n(C(=O)C(C)(C)C)n1. The third-order valence-corrected chi connectivity index (χ3v) is 6.64. The molecule has 0 aliphatic heterocycles. The van der Waals surface area contributed by atoms with E-state index in [0.29, 0.717) is 16.7 Å². The number of carbonyl (C=O) groups is 3. The van der Waals surface area contributed by atoms with Gasteiger partial charge in [0.2, 0.25) is 5.78 Å². The molecule has 0 aliphatic rings. The lowest BCUT2D eigenvalue weighted by Crippen LogP contribution is -2.29. The maximum atomic E-state index is 13.2. The minimum Gasteiger partial charge on any atom is -0.465 e. The van der Waals surface area contributed by atoms with Gasteiger partial charge in [-0.25, -0.2) is 9.78 Å². The number of rotatable bonds is 8. The molecule has 0 bridgehead atoms. The van der Waals surface area contributed by atoms with Crippen LogP contribution in [0.25, 0.3) is 11.3 Å². The summed E-state index contributed by atoms with van der Waals surface area (Å²) in [4.78, 5) is 56.0. The van der Waals surface area contributed by atoms with Crippen LogP contribution >= 0.6 is 22.9 Å². The van der Waals surface area contributed by atoms with Gasteiger partial charge in [0.25, 0.3) is 17.4 Å². The summed E-state index contributed by atoms with van der Waals surface area (Å²) in [6.07, 6.45) is 3.77. The summed E-state index contributed by atoms with van der Waals surface area (Å²) in [5.74, 6) is -1.41. The molecule has 0 spiro atoms. The highest BCUT2D eigenvalue weighted by molar-refractivity contribution is 7.16. The number of methoxy groups -OCH3 is 1. The summed E-state index contributed by atoms with van der Waals surface area (Å²) in [7, 11) is 1.19. The van der Waals surface area contributed by atoms with Crippen molar-refractivity contribution < 1.29 is 23.5 Å². The summed E-state index contributed by atoms with van der Waals surface area (Å²) >= 11 is 7.42. The predicted octanol–water partition coefficient (Wildman–Crippen LogP) is 4.38. The molecule has 1 N–H and O–H groups in total. The molecule has 0 atom stereocenters. The predicted molar refractivity (Wildman–Crippen MR) is 141 cm³/mol. The molecule has 0 saturated carbocycles. The average Bonchev–Trinajstić information content (AvgIpc) is 3.63. The summed E-state index contributed by atoms with van der Waals surface area (Å²) in [6, 6.07) is 6.38. The Bertz CT molecular complexity index is 1560. The van der Waals surface area contributed by atoms with Crippen molar-refractivity contribution in [3.05, 3.63) is 73.9 Å². The zero-order chi connectivity index (χ0) is 27.6. The Labute approximate surface area is 226 Å². The Morgan fingerprint density at radius 1 is 1.21 bits per heavy atom. The highest BCUT2D eigenvalue weighted by atomic mass is 35.5. The zero-order valence-corrected chi connectivity index (χ0v) is 22.6. The third kappa shape index (κ3) is 5.76. The first-order valence-corrected chi connectivity index (χ1v) is 12.6. The van der Waals surface area contributed by atoms with Crippen molar-refractivity contribution in [3.8, 4) is 11.3 Å². The van der Waals surface area contributed by atoms with Crippen LogP contribution in [0.4, 0.5) is 5.82 Å². The molecule has 4 rings (SSSR count). The molecule has 11 nitrogen and oxygen atoms in total. The summed E-state index contributed by atoms with van der Waals surface area (Å²) in [6.45, 7) is 5.23. The highest BCUT2D eigenvalue weighted by Gasteiger charge is 2.28. The number of nitrogens with zero attached hydrogens (tertiary/aromatic N) is 4. The quantitative estimate of drug-likeness (QED) is 0.247. The van der Waals surface area contributed by atoms with Crippen LogP contribution in [0, 0.1) is 5.41 Å². The van der Waals surface area contributed by atoms with Crippen molar-refractivity contribution >= 4 is 46.4 Å². The van der Waals surface area contributed by atoms with Gasteiger partial charge >= 0.3 is 5.97 Å². The minimum atomic E-state index is -0.777. The normalized spacial score (nSPS) is 11.4. The third-order valence-electron chi connectivity index (χ3n) is 5.41. The molecule has 4 aromatic rings. The van der Waals surface area contributed by atoms with Gasteiger partial charge < -0.3 is 19.0 Å². The molecular weight excluding hydrogens is 534 g/mol. The average molecular weight is 558 g/mol. The van der Waals surface area contributed by atoms with Gasteiger partial charge in [-0.1, -0.05) is 32.4 Å². The van der Waals surface area contributed by atoms with Gasteiger partial charge in [0.1, 0.15) is 12.1 Å². The fraction of sp³-hybridized carbons (Fsp3) is 0.280. The first-order valence-electron chi connectivity index (χ1n) is 11.4. The second-order valence-corrected chi connectivity index (χ2v) is 11.1. The maximum Gasteiger partial charge on any atom is 0.340 e. The number of halogens is 1. The molecule has 0 unspecified atom stereocenters. The topological polar surface area (TPSA) is 138 Å². The number of hydrogen-bond donors (Lipinski definition) is 1. The van der Waals surface area contributed by atoms with Crippen molar-refractivity contribution in [3.63, 3.8) is 0 Å². The van der Waals surface area contributed by atoms with E-state index in [4.69, 9.17) is 20.8 Å². The molecular formula is C25H24ClN5O6S. The molecule has 38 heavy (non-hydrogen) atoms. The van der Waals surface area contributed by atoms with Crippen LogP contribution in [0.5, 0.6) is 0 Å². The van der Waals surface area contributed by atoms with Crippen molar-refractivity contribution in [1.82, 2.24) is 19.3 Å². The number of ether oxygens (including phenoxy) is 1. The van der Waals surface area contributed by atoms with E-state index < -0.39 is 29.3 Å². The fourth-order valence-corrected chi connectivity index (χ4v) is 4.53. The smallest absolute Gasteiger partial charge is 0.340 e. The Morgan fingerprint density at radius 2 is 1.97 bits per heavy atom. The van der Waals surface area contributed by atoms with E-state index in [1.165, 1.54) is 47.9 Å². The Hall–Kier alpha value is -4.03. The van der Waals surface area contributed by atoms with Gasteiger partial charge in [0.05, 0.1) is 42.0 Å². The summed E-state index contributed by atoms with van der Waals surface area (Å²) in [5, 5.41) is 7.63. The van der Waals surface area contributed by atoms with Crippen LogP contribution in [0.2, 0.25) is 4.34 Å². The van der Waals surface area contributed by atoms with Gasteiger partial charge in [-0.3, -0.25) is 14.4 Å². The van der Waals surface area contributed by atoms with E-state index in [2.05, 4.69) is 15.4 Å². The number of aromatic nitrogens is 4. The molecule has 0 radical (unpaired) electrons. The lowest BCUT2D eigenvalue weighted by atomic mass is 9.96. The van der Waals surface area contributed by atoms with Gasteiger partial charge in [-0.05, 0) is 12.1 Å². The van der Waals surface area contributed by atoms with Crippen LogP contribution in [0.3, 0.4) is 0 Å². The summed E-state index contributed by atoms with van der Waals surface area (Å²) in [5.41, 5.74) is -1.04. The molecule has 0 aliphatic carbocycles. The number of esters is 1. The molecule has 0 amide bonds. The molecule has 0 aromatic carbocycles. The van der Waals surface area contributed by atoms with Gasteiger partial charge in [0.15, 0.2) is 0 Å². The van der Waals surface area contributed by atoms with Crippen molar-refractivity contribution in [2.24, 2.45) is 5.41 Å². The van der Waals surface area contributed by atoms with E-state index in [1.807, 2.05) is 6.07 Å². The molecule has 13 heteroatoms. The number of oxazole rings is 1. The summed E-state index contributed by atoms with van der Waals surface area (Å²) < 4.78 is 12.8. The van der Waals surface area contributed by atoms with Crippen LogP contribution < -0.4 is 10.9 Å². The van der Waals surface area contributed by atoms with Crippen LogP contribution in [0.15, 0.2) is 52.1 Å². The van der Waals surface area contributed by atoms with Gasteiger partial charge in [0, 0.05) is 34.2 Å². The lowest BCUT2D eigenvalue weighted by molar-refractivity contribution is 0.0599. The highest BCUT2D eigenvalue weighted by Crippen LogP contribution is 2.29. The van der Waals surface area contributed by atoms with E-state index in [0.717, 1.165) is 9.44 Å². The Balaban J connectivity index is 1.77. The molecule has 4 aromatic heterocycles. The number of ketones is 1. The van der Waals surface area contributed by atoms with Gasteiger partial charge in [-0.2, -0.15) is 9.78 Å². The number of pyridine rings is 1. The second-order valence-electron chi connectivity index (χ2n) is 9.26. The van der Waals surface area contributed by atoms with Crippen LogP contribution in [-0.2, 0) is 17.8 Å². The first-order chi connectivity index (χ1) is 18.0. The van der Waals surface area contributed by atoms with Crippen molar-refractivity contribution in [2.45, 2.75) is 33.9 Å². The monoisotopic (exact) mass is 557 g/mol. The largest absolute Gasteiger partial charge is 0.465 e. The second kappa shape index (κ2) is 10.8. The van der Waals surface area contributed by atoms with Gasteiger partial charge in [-0.15, -0.1) is 11.3 Å². The number of thiophene rings is 1. The lowest BCUT2D eigenvalue weighted by Gasteiger charge is -2.18. The molecule has 198 valence electrons. The van der Waals surface area contributed by atoms with Crippen LogP contribution in [-0.4, -0.2) is 44.1 Å². The van der Waals surface area contributed by atoms with E-state index in [9.17, 15) is 19.2 Å².